The molecule has 0 saturated heterocycles. The van der Waals surface area contributed by atoms with Crippen LogP contribution < -0.4 is 0 Å². The van der Waals surface area contributed by atoms with Crippen molar-refractivity contribution in [2.24, 2.45) is 0 Å². The van der Waals surface area contributed by atoms with Crippen molar-refractivity contribution >= 4 is 99.1 Å². The van der Waals surface area contributed by atoms with Crippen LogP contribution in [0.2, 0.25) is 5.15 Å². The lowest BCUT2D eigenvalue weighted by Gasteiger charge is -2.09. The second-order valence-electron chi connectivity index (χ2n) is 10.7. The molecule has 0 radical (unpaired) electrons. The minimum atomic E-state index is 0.292. The van der Waals surface area contributed by atoms with Crippen LogP contribution >= 0.6 is 11.6 Å². The molecule has 0 aliphatic rings. The van der Waals surface area contributed by atoms with Gasteiger partial charge in [-0.15, -0.1) is 0 Å². The van der Waals surface area contributed by atoms with E-state index in [0.29, 0.717) is 22.2 Å². The van der Waals surface area contributed by atoms with Crippen LogP contribution in [0.1, 0.15) is 0 Å². The highest BCUT2D eigenvalue weighted by Gasteiger charge is 2.25. The summed E-state index contributed by atoms with van der Waals surface area (Å²) in [5.41, 5.74) is 5.29. The predicted octanol–water partition coefficient (Wildman–Crippen LogP) is 10.3. The van der Waals surface area contributed by atoms with Gasteiger partial charge >= 0.3 is 0 Å². The molecule has 4 heterocycles. The molecule has 5 nitrogen and oxygen atoms in total. The topological polar surface area (TPSA) is 57.0 Å². The summed E-state index contributed by atoms with van der Waals surface area (Å²) in [6.45, 7) is 0. The van der Waals surface area contributed by atoms with E-state index in [0.717, 1.165) is 70.9 Å². The van der Waals surface area contributed by atoms with E-state index in [4.69, 9.17) is 30.4 Å². The first kappa shape index (κ1) is 22.3. The summed E-state index contributed by atoms with van der Waals surface area (Å²) in [4.78, 5) is 9.81. The molecule has 0 N–H and O–H groups in total. The molecule has 0 aliphatic carbocycles. The highest BCUT2D eigenvalue weighted by molar-refractivity contribution is 6.36. The fourth-order valence-electron chi connectivity index (χ4n) is 6.72. The van der Waals surface area contributed by atoms with E-state index in [1.54, 1.807) is 0 Å². The maximum absolute atomic E-state index is 7.01. The lowest BCUT2D eigenvalue weighted by molar-refractivity contribution is 0.651. The Kier molecular flexibility index (Phi) is 4.18. The van der Waals surface area contributed by atoms with Gasteiger partial charge in [0.15, 0.2) is 16.6 Å². The zero-order valence-electron chi connectivity index (χ0n) is 21.9. The molecule has 0 amide bonds. The van der Waals surface area contributed by atoms with E-state index in [-0.39, 0.29) is 0 Å². The summed E-state index contributed by atoms with van der Waals surface area (Å²) in [6, 6.07) is 37.4. The number of benzene rings is 6. The average Bonchev–Trinajstić information content (AvgIpc) is 3.69. The van der Waals surface area contributed by atoms with Crippen LogP contribution in [-0.2, 0) is 0 Å². The van der Waals surface area contributed by atoms with Crippen LogP contribution in [0.5, 0.6) is 0 Å². The van der Waals surface area contributed by atoms with Crippen molar-refractivity contribution in [3.8, 4) is 5.82 Å². The minimum absolute atomic E-state index is 0.292. The number of nitrogens with zero attached hydrogens (tertiary/aromatic N) is 3. The molecule has 0 atom stereocenters. The van der Waals surface area contributed by atoms with E-state index in [1.807, 2.05) is 30.3 Å². The highest BCUT2D eigenvalue weighted by atomic mass is 35.5. The molecule has 0 spiro atoms. The van der Waals surface area contributed by atoms with Crippen LogP contribution in [0.25, 0.3) is 93.3 Å². The van der Waals surface area contributed by atoms with Gasteiger partial charge in [0.1, 0.15) is 16.7 Å². The molecule has 10 aromatic rings. The van der Waals surface area contributed by atoms with Gasteiger partial charge in [-0.05, 0) is 51.9 Å². The Hall–Kier alpha value is -5.39. The van der Waals surface area contributed by atoms with Crippen molar-refractivity contribution in [3.05, 3.63) is 114 Å². The van der Waals surface area contributed by atoms with E-state index < -0.39 is 0 Å². The molecule has 42 heavy (non-hydrogen) atoms. The Labute approximate surface area is 242 Å². The van der Waals surface area contributed by atoms with Gasteiger partial charge in [-0.3, -0.25) is 4.57 Å². The quantitative estimate of drug-likeness (QED) is 0.201. The number of furan rings is 2. The molecule has 0 aliphatic heterocycles. The largest absolute Gasteiger partial charge is 0.454 e. The Bertz CT molecular complexity index is 2770. The summed E-state index contributed by atoms with van der Waals surface area (Å²) >= 11 is 7.01. The third-order valence-electron chi connectivity index (χ3n) is 8.48. The normalized spacial score (nSPS) is 12.4. The summed E-state index contributed by atoms with van der Waals surface area (Å²) in [7, 11) is 0. The van der Waals surface area contributed by atoms with Crippen LogP contribution in [0.3, 0.4) is 0 Å². The molecule has 196 valence electrons. The van der Waals surface area contributed by atoms with Gasteiger partial charge in [-0.1, -0.05) is 90.5 Å². The summed E-state index contributed by atoms with van der Waals surface area (Å²) in [6.07, 6.45) is 0. The number of rotatable bonds is 1. The molecule has 6 aromatic carbocycles. The second-order valence-corrected chi connectivity index (χ2v) is 11.1. The molecule has 0 saturated carbocycles. The first-order chi connectivity index (χ1) is 20.7. The Morgan fingerprint density at radius 3 is 2.07 bits per heavy atom. The van der Waals surface area contributed by atoms with Gasteiger partial charge in [0.2, 0.25) is 5.71 Å². The minimum Gasteiger partial charge on any atom is -0.454 e. The fourth-order valence-corrected chi connectivity index (χ4v) is 6.93. The van der Waals surface area contributed by atoms with Gasteiger partial charge in [0.25, 0.3) is 0 Å². The van der Waals surface area contributed by atoms with Crippen molar-refractivity contribution in [1.29, 1.82) is 0 Å². The maximum Gasteiger partial charge on any atom is 0.248 e. The number of aromatic nitrogens is 3. The lowest BCUT2D eigenvalue weighted by Crippen LogP contribution is -2.00. The first-order valence-corrected chi connectivity index (χ1v) is 14.2. The Morgan fingerprint density at radius 2 is 1.24 bits per heavy atom. The van der Waals surface area contributed by atoms with Crippen molar-refractivity contribution < 1.29 is 8.83 Å². The number of hydrogen-bond donors (Lipinski definition) is 0. The van der Waals surface area contributed by atoms with Crippen LogP contribution in [0, 0.1) is 0 Å². The zero-order chi connectivity index (χ0) is 27.5. The number of fused-ring (bicyclic) bond motifs is 14. The monoisotopic (exact) mass is 559 g/mol. The van der Waals surface area contributed by atoms with Gasteiger partial charge in [-0.25, -0.2) is 4.98 Å². The number of hydrogen-bond acceptors (Lipinski definition) is 4. The summed E-state index contributed by atoms with van der Waals surface area (Å²) in [5.74, 6) is 0.497. The third kappa shape index (κ3) is 2.78. The van der Waals surface area contributed by atoms with Crippen molar-refractivity contribution in [3.63, 3.8) is 0 Å². The molecule has 4 aromatic heterocycles. The van der Waals surface area contributed by atoms with Gasteiger partial charge < -0.3 is 8.83 Å². The fraction of sp³-hybridized carbons (Fsp3) is 0. The molecule has 0 bridgehead atoms. The van der Waals surface area contributed by atoms with Crippen LogP contribution in [0.4, 0.5) is 0 Å². The molecule has 10 rings (SSSR count). The molecular formula is C36H18ClN3O2. The second kappa shape index (κ2) is 7.87. The van der Waals surface area contributed by atoms with E-state index >= 15 is 0 Å². The van der Waals surface area contributed by atoms with Crippen LogP contribution in [0.15, 0.2) is 118 Å². The maximum atomic E-state index is 7.01. The van der Waals surface area contributed by atoms with E-state index in [2.05, 4.69) is 83.4 Å². The van der Waals surface area contributed by atoms with Gasteiger partial charge in [0.05, 0.1) is 11.0 Å². The summed E-state index contributed by atoms with van der Waals surface area (Å²) < 4.78 is 15.1. The SMILES string of the molecule is Clc1nc2c(nc1-n1c3ccccc3c3c4ccccc4c4c5cc6ccccc6cc5oc4c31)oc1ccccc12. The Morgan fingerprint density at radius 1 is 0.571 bits per heavy atom. The molecular weight excluding hydrogens is 542 g/mol. The van der Waals surface area contributed by atoms with Gasteiger partial charge in [-0.2, -0.15) is 4.98 Å². The highest BCUT2D eigenvalue weighted by Crippen LogP contribution is 2.46. The lowest BCUT2D eigenvalue weighted by atomic mass is 9.98. The van der Waals surface area contributed by atoms with Crippen LogP contribution in [-0.4, -0.2) is 14.5 Å². The molecule has 0 unspecified atom stereocenters. The van der Waals surface area contributed by atoms with Crippen molar-refractivity contribution in [2.75, 3.05) is 0 Å². The van der Waals surface area contributed by atoms with Crippen molar-refractivity contribution in [1.82, 2.24) is 14.5 Å². The zero-order valence-corrected chi connectivity index (χ0v) is 22.7. The first-order valence-electron chi connectivity index (χ1n) is 13.8. The number of para-hydroxylation sites is 2. The standard InChI is InChI=1S/C36H18ClN3O2/c37-34-35(39-36-31(38-34)24-14-6-8-16-27(24)42-36)40-26-15-7-5-13-23(26)29-21-11-3-4-12-22(21)30-25-17-19-9-1-2-10-20(19)18-28(25)41-33(30)32(29)40/h1-18H. The third-order valence-corrected chi connectivity index (χ3v) is 8.73. The van der Waals surface area contributed by atoms with Gasteiger partial charge in [0, 0.05) is 26.9 Å². The van der Waals surface area contributed by atoms with E-state index in [1.165, 1.54) is 5.39 Å². The van der Waals surface area contributed by atoms with E-state index in [9.17, 15) is 0 Å². The summed E-state index contributed by atoms with van der Waals surface area (Å²) in [5, 5.41) is 10.1. The predicted molar refractivity (Wildman–Crippen MR) is 171 cm³/mol. The van der Waals surface area contributed by atoms with Crippen molar-refractivity contribution in [2.45, 2.75) is 0 Å². The molecule has 6 heteroatoms. The number of halogens is 1. The Balaban J connectivity index is 1.46. The average molecular weight is 560 g/mol. The smallest absolute Gasteiger partial charge is 0.248 e. The molecule has 0 fully saturated rings.